The van der Waals surface area contributed by atoms with Gasteiger partial charge < -0.3 is 0 Å². The second-order valence-corrected chi connectivity index (χ2v) is 6.32. The van der Waals surface area contributed by atoms with E-state index in [1.807, 2.05) is 0 Å². The van der Waals surface area contributed by atoms with Crippen molar-refractivity contribution < 1.29 is 0 Å². The predicted octanol–water partition coefficient (Wildman–Crippen LogP) is 4.59. The SMILES string of the molecule is CC(C)CB(CC(C)C)C(C)(C)C. The van der Waals surface area contributed by atoms with Crippen LogP contribution in [0, 0.1) is 11.8 Å². The molecule has 0 atom stereocenters. The first kappa shape index (κ1) is 13.1. The van der Waals surface area contributed by atoms with Crippen LogP contribution < -0.4 is 0 Å². The normalized spacial score (nSPS) is 12.7. The minimum atomic E-state index is 0.481. The maximum Gasteiger partial charge on any atom is 0.146 e. The Bertz CT molecular complexity index is 121. The first-order chi connectivity index (χ1) is 5.73. The summed E-state index contributed by atoms with van der Waals surface area (Å²) >= 11 is 0. The fourth-order valence-corrected chi connectivity index (χ4v) is 1.94. The second-order valence-electron chi connectivity index (χ2n) is 6.32. The van der Waals surface area contributed by atoms with Crippen LogP contribution in [0.5, 0.6) is 0 Å². The monoisotopic (exact) mass is 182 g/mol. The van der Waals surface area contributed by atoms with E-state index in [4.69, 9.17) is 0 Å². The van der Waals surface area contributed by atoms with Crippen LogP contribution in [-0.4, -0.2) is 6.71 Å². The summed E-state index contributed by atoms with van der Waals surface area (Å²) in [5.41, 5.74) is 0. The van der Waals surface area contributed by atoms with Crippen molar-refractivity contribution in [2.45, 2.75) is 66.4 Å². The van der Waals surface area contributed by atoms with E-state index in [1.165, 1.54) is 12.6 Å². The van der Waals surface area contributed by atoms with Gasteiger partial charge >= 0.3 is 0 Å². The topological polar surface area (TPSA) is 0 Å². The summed E-state index contributed by atoms with van der Waals surface area (Å²) in [6.07, 6.45) is 2.75. The Balaban J connectivity index is 4.20. The Morgan fingerprint density at radius 1 is 0.846 bits per heavy atom. The van der Waals surface area contributed by atoms with Crippen LogP contribution in [0.3, 0.4) is 0 Å². The van der Waals surface area contributed by atoms with Crippen molar-refractivity contribution in [1.82, 2.24) is 0 Å². The smallest absolute Gasteiger partial charge is 0.0714 e. The Morgan fingerprint density at radius 2 is 1.15 bits per heavy atom. The van der Waals surface area contributed by atoms with E-state index >= 15 is 0 Å². The molecule has 0 aliphatic carbocycles. The van der Waals surface area contributed by atoms with Gasteiger partial charge in [-0.1, -0.05) is 78.3 Å². The average molecular weight is 182 g/mol. The molecule has 0 aromatic carbocycles. The van der Waals surface area contributed by atoms with E-state index in [-0.39, 0.29) is 0 Å². The van der Waals surface area contributed by atoms with Crippen LogP contribution in [0.4, 0.5) is 0 Å². The molecule has 0 bridgehead atoms. The minimum absolute atomic E-state index is 0.481. The van der Waals surface area contributed by atoms with Gasteiger partial charge in [0.05, 0.1) is 0 Å². The molecule has 0 aliphatic heterocycles. The van der Waals surface area contributed by atoms with Crippen molar-refractivity contribution in [3.63, 3.8) is 0 Å². The van der Waals surface area contributed by atoms with Crippen LogP contribution in [0.25, 0.3) is 0 Å². The first-order valence-electron chi connectivity index (χ1n) is 5.73. The largest absolute Gasteiger partial charge is 0.146 e. The predicted molar refractivity (Wildman–Crippen MR) is 64.8 cm³/mol. The van der Waals surface area contributed by atoms with Crippen LogP contribution in [0.15, 0.2) is 0 Å². The Kier molecular flexibility index (Phi) is 5.10. The molecule has 0 rings (SSSR count). The molecule has 0 fully saturated rings. The van der Waals surface area contributed by atoms with Gasteiger partial charge in [0.25, 0.3) is 0 Å². The third kappa shape index (κ3) is 6.18. The van der Waals surface area contributed by atoms with Crippen molar-refractivity contribution in [3.8, 4) is 0 Å². The van der Waals surface area contributed by atoms with E-state index in [0.717, 1.165) is 18.5 Å². The van der Waals surface area contributed by atoms with Gasteiger partial charge in [-0.05, 0) is 0 Å². The second kappa shape index (κ2) is 5.07. The van der Waals surface area contributed by atoms with Crippen molar-refractivity contribution in [2.75, 3.05) is 0 Å². The van der Waals surface area contributed by atoms with Crippen LogP contribution >= 0.6 is 0 Å². The van der Waals surface area contributed by atoms with Gasteiger partial charge in [-0.3, -0.25) is 0 Å². The van der Waals surface area contributed by atoms with Gasteiger partial charge in [0, 0.05) is 0 Å². The third-order valence-electron chi connectivity index (χ3n) is 2.74. The molecule has 0 radical (unpaired) electrons. The molecule has 0 saturated heterocycles. The van der Waals surface area contributed by atoms with Gasteiger partial charge in [-0.2, -0.15) is 0 Å². The van der Waals surface area contributed by atoms with Crippen LogP contribution in [0.1, 0.15) is 48.5 Å². The number of hydrogen-bond acceptors (Lipinski definition) is 0. The summed E-state index contributed by atoms with van der Waals surface area (Å²) in [5, 5.41) is 0.481. The fourth-order valence-electron chi connectivity index (χ4n) is 1.94. The number of hydrogen-bond donors (Lipinski definition) is 0. The fraction of sp³-hybridized carbons (Fsp3) is 1.00. The highest BCUT2D eigenvalue weighted by Crippen LogP contribution is 2.35. The summed E-state index contributed by atoms with van der Waals surface area (Å²) in [5.74, 6) is 1.67. The summed E-state index contributed by atoms with van der Waals surface area (Å²) in [4.78, 5) is 0. The molecule has 0 aromatic heterocycles. The average Bonchev–Trinajstić information content (AvgIpc) is 1.81. The molecular weight excluding hydrogens is 155 g/mol. The van der Waals surface area contributed by atoms with Crippen molar-refractivity contribution in [1.29, 1.82) is 0 Å². The van der Waals surface area contributed by atoms with E-state index in [9.17, 15) is 0 Å². The Morgan fingerprint density at radius 3 is 1.31 bits per heavy atom. The number of rotatable bonds is 4. The zero-order valence-corrected chi connectivity index (χ0v) is 10.6. The van der Waals surface area contributed by atoms with E-state index in [1.54, 1.807) is 0 Å². The lowest BCUT2D eigenvalue weighted by Gasteiger charge is -2.30. The zero-order chi connectivity index (χ0) is 10.6. The lowest BCUT2D eigenvalue weighted by Crippen LogP contribution is -2.28. The molecule has 0 nitrogen and oxygen atoms in total. The molecule has 0 amide bonds. The molecule has 0 unspecified atom stereocenters. The van der Waals surface area contributed by atoms with E-state index in [0.29, 0.717) is 5.31 Å². The summed E-state index contributed by atoms with van der Waals surface area (Å²) in [6.45, 7) is 17.3. The minimum Gasteiger partial charge on any atom is -0.0714 e. The molecule has 0 N–H and O–H groups in total. The Labute approximate surface area is 85.6 Å². The van der Waals surface area contributed by atoms with Crippen molar-refractivity contribution in [2.24, 2.45) is 11.8 Å². The molecule has 13 heavy (non-hydrogen) atoms. The van der Waals surface area contributed by atoms with Gasteiger partial charge in [0.15, 0.2) is 0 Å². The standard InChI is InChI=1S/C12H27B/c1-10(2)8-13(9-11(3)4)12(5,6)7/h10-11H,8-9H2,1-7H3. The molecule has 0 spiro atoms. The highest BCUT2D eigenvalue weighted by atomic mass is 14.1. The van der Waals surface area contributed by atoms with Crippen LogP contribution in [-0.2, 0) is 0 Å². The Hall–Kier alpha value is 0.0649. The zero-order valence-electron chi connectivity index (χ0n) is 10.6. The molecule has 0 aliphatic rings. The van der Waals surface area contributed by atoms with Crippen molar-refractivity contribution in [3.05, 3.63) is 0 Å². The van der Waals surface area contributed by atoms with Gasteiger partial charge in [0.1, 0.15) is 6.71 Å². The quantitative estimate of drug-likeness (QED) is 0.557. The van der Waals surface area contributed by atoms with Gasteiger partial charge in [-0.15, -0.1) is 0 Å². The highest BCUT2D eigenvalue weighted by Gasteiger charge is 2.29. The molecule has 1 heteroatoms. The summed E-state index contributed by atoms with van der Waals surface area (Å²) < 4.78 is 0. The summed E-state index contributed by atoms with van der Waals surface area (Å²) in [7, 11) is 0. The van der Waals surface area contributed by atoms with Crippen LogP contribution in [0.2, 0.25) is 18.0 Å². The third-order valence-corrected chi connectivity index (χ3v) is 2.74. The summed E-state index contributed by atoms with van der Waals surface area (Å²) in [6, 6.07) is 0. The molecule has 78 valence electrons. The molecular formula is C12H27B. The first-order valence-corrected chi connectivity index (χ1v) is 5.73. The van der Waals surface area contributed by atoms with Gasteiger partial charge in [0.2, 0.25) is 0 Å². The lowest BCUT2D eigenvalue weighted by atomic mass is 9.29. The van der Waals surface area contributed by atoms with Gasteiger partial charge in [-0.25, -0.2) is 0 Å². The van der Waals surface area contributed by atoms with E-state index in [2.05, 4.69) is 48.5 Å². The molecule has 0 aromatic rings. The molecule has 0 heterocycles. The van der Waals surface area contributed by atoms with Crippen molar-refractivity contribution >= 4 is 6.71 Å². The molecule has 0 saturated carbocycles. The maximum absolute atomic E-state index is 2.38. The van der Waals surface area contributed by atoms with E-state index < -0.39 is 0 Å². The highest BCUT2D eigenvalue weighted by molar-refractivity contribution is 6.62. The lowest BCUT2D eigenvalue weighted by molar-refractivity contribution is 0.635. The maximum atomic E-state index is 2.38.